The van der Waals surface area contributed by atoms with Gasteiger partial charge in [-0.3, -0.25) is 18.7 Å². The quantitative estimate of drug-likeness (QED) is 0.179. The molecule has 6 rings (SSSR count). The lowest BCUT2D eigenvalue weighted by Gasteiger charge is -2.15. The molecule has 0 aliphatic carbocycles. The molecule has 0 aliphatic rings. The van der Waals surface area contributed by atoms with Gasteiger partial charge in [0.2, 0.25) is 0 Å². The summed E-state index contributed by atoms with van der Waals surface area (Å²) in [6.45, 7) is 17.5. The van der Waals surface area contributed by atoms with E-state index in [0.717, 1.165) is 10.9 Å². The summed E-state index contributed by atoms with van der Waals surface area (Å²) in [6, 6.07) is 20.3. The third kappa shape index (κ3) is 7.81. The Morgan fingerprint density at radius 1 is 0.667 bits per heavy atom. The topological polar surface area (TPSA) is 70.0 Å². The van der Waals surface area contributed by atoms with Crippen LogP contribution in [-0.2, 0) is 0 Å². The smallest absolute Gasteiger partial charge is 0.267 e. The number of hydrogen-bond donors (Lipinski definition) is 0. The molecule has 3 heterocycles. The van der Waals surface area contributed by atoms with Gasteiger partial charge in [0.05, 0.1) is 16.5 Å². The van der Waals surface area contributed by atoms with Crippen LogP contribution < -0.4 is 16.4 Å². The molecular formula is C36H42F2N3O3P. The minimum Gasteiger partial charge on any atom is -0.363 e. The van der Waals surface area contributed by atoms with Crippen LogP contribution in [0.5, 0.6) is 0 Å². The predicted molar refractivity (Wildman–Crippen MR) is 187 cm³/mol. The van der Waals surface area contributed by atoms with E-state index in [1.165, 1.54) is 27.5 Å². The molecule has 1 unspecified atom stereocenters. The van der Waals surface area contributed by atoms with Crippen LogP contribution in [-0.4, -0.2) is 14.3 Å². The van der Waals surface area contributed by atoms with E-state index in [1.54, 1.807) is 43.3 Å². The fraction of sp³-hybridized carbons (Fsp3) is 0.250. The van der Waals surface area contributed by atoms with Crippen LogP contribution in [0.1, 0.15) is 58.5 Å². The summed E-state index contributed by atoms with van der Waals surface area (Å²) in [5.41, 5.74) is 1.97. The molecule has 0 saturated heterocycles. The standard InChI is InChI=1S/C17H15FNOP.C13H9FN2O2.3C2H6/c1-10-5-3-6-12-9-11(2)19(17(20)15(10)12)16-13(18)7-4-8-14(16)21;1-8-7-9-3-2-4-10(14)12(9)13(17)16(8)11-5-6-18-15-11;3*1-2/h3-9H,21H2,1-2H3;2-7H,1H3;3*1-2H3. The second kappa shape index (κ2) is 17.2. The highest BCUT2D eigenvalue weighted by Crippen LogP contribution is 2.20. The summed E-state index contributed by atoms with van der Waals surface area (Å²) >= 11 is 0. The zero-order valence-corrected chi connectivity index (χ0v) is 28.6. The lowest BCUT2D eigenvalue weighted by molar-refractivity contribution is 0.416. The van der Waals surface area contributed by atoms with Crippen molar-refractivity contribution in [2.24, 2.45) is 0 Å². The van der Waals surface area contributed by atoms with Gasteiger partial charge in [0, 0.05) is 17.5 Å². The van der Waals surface area contributed by atoms with E-state index in [0.29, 0.717) is 39.0 Å². The number of nitrogens with zero attached hydrogens (tertiary/aromatic N) is 3. The number of aryl methyl sites for hydroxylation is 3. The van der Waals surface area contributed by atoms with E-state index in [2.05, 4.69) is 14.4 Å². The molecule has 0 N–H and O–H groups in total. The molecule has 3 aromatic heterocycles. The molecule has 3 aromatic carbocycles. The summed E-state index contributed by atoms with van der Waals surface area (Å²) < 4.78 is 35.5. The highest BCUT2D eigenvalue weighted by atomic mass is 31.0. The first kappa shape index (κ1) is 36.8. The third-order valence-corrected chi connectivity index (χ3v) is 6.98. The SMILES string of the molecule is CC.CC.CC.Cc1cc2cccc(F)c2c(=O)n1-c1ccon1.Cc1cccc2cc(C)n(-c3c(F)cccc3P)c(=O)c12. The average molecular weight is 634 g/mol. The van der Waals surface area contributed by atoms with Gasteiger partial charge in [-0.1, -0.05) is 89.2 Å². The van der Waals surface area contributed by atoms with Gasteiger partial charge in [-0.25, -0.2) is 8.78 Å². The van der Waals surface area contributed by atoms with E-state index in [-0.39, 0.29) is 10.9 Å². The van der Waals surface area contributed by atoms with Crippen molar-refractivity contribution in [2.75, 3.05) is 0 Å². The predicted octanol–water partition coefficient (Wildman–Crippen LogP) is 8.75. The number of benzene rings is 3. The molecule has 0 aliphatic heterocycles. The lowest BCUT2D eigenvalue weighted by Crippen LogP contribution is -2.25. The number of aromatic nitrogens is 3. The molecule has 238 valence electrons. The minimum absolute atomic E-state index is 0.0612. The van der Waals surface area contributed by atoms with E-state index < -0.39 is 17.2 Å². The number of fused-ring (bicyclic) bond motifs is 2. The van der Waals surface area contributed by atoms with Crippen LogP contribution in [0.4, 0.5) is 8.78 Å². The molecule has 1 atom stereocenters. The zero-order valence-electron chi connectivity index (χ0n) is 27.4. The van der Waals surface area contributed by atoms with Crippen molar-refractivity contribution >= 4 is 36.1 Å². The molecule has 9 heteroatoms. The highest BCUT2D eigenvalue weighted by Gasteiger charge is 2.15. The number of hydrogen-bond acceptors (Lipinski definition) is 4. The Bertz CT molecular complexity index is 1960. The maximum atomic E-state index is 14.2. The highest BCUT2D eigenvalue weighted by molar-refractivity contribution is 7.27. The number of halogens is 2. The third-order valence-electron chi connectivity index (χ3n) is 6.51. The molecular weight excluding hydrogens is 591 g/mol. The van der Waals surface area contributed by atoms with Crippen molar-refractivity contribution in [1.29, 1.82) is 0 Å². The van der Waals surface area contributed by atoms with Gasteiger partial charge >= 0.3 is 0 Å². The van der Waals surface area contributed by atoms with Crippen molar-refractivity contribution in [3.8, 4) is 11.5 Å². The van der Waals surface area contributed by atoms with Crippen LogP contribution in [0.3, 0.4) is 0 Å². The molecule has 0 bridgehead atoms. The Kier molecular flexibility index (Phi) is 14.0. The Morgan fingerprint density at radius 2 is 1.18 bits per heavy atom. The molecule has 0 fully saturated rings. The van der Waals surface area contributed by atoms with Crippen molar-refractivity contribution in [1.82, 2.24) is 14.3 Å². The van der Waals surface area contributed by atoms with Crippen LogP contribution in [0.25, 0.3) is 33.1 Å². The Morgan fingerprint density at radius 3 is 1.76 bits per heavy atom. The van der Waals surface area contributed by atoms with Crippen molar-refractivity contribution in [3.05, 3.63) is 128 Å². The molecule has 6 nitrogen and oxygen atoms in total. The minimum atomic E-state index is -0.533. The Balaban J connectivity index is 0.000000271. The molecule has 0 saturated carbocycles. The number of pyridine rings is 2. The maximum absolute atomic E-state index is 14.2. The van der Waals surface area contributed by atoms with Gasteiger partial charge in [-0.05, 0) is 66.7 Å². The summed E-state index contributed by atoms with van der Waals surface area (Å²) in [7, 11) is 2.49. The first-order chi connectivity index (χ1) is 21.7. The van der Waals surface area contributed by atoms with Crippen molar-refractivity contribution < 1.29 is 13.3 Å². The van der Waals surface area contributed by atoms with E-state index in [9.17, 15) is 18.4 Å². The van der Waals surface area contributed by atoms with Crippen LogP contribution in [0.15, 0.2) is 93.2 Å². The average Bonchev–Trinajstić information content (AvgIpc) is 3.56. The van der Waals surface area contributed by atoms with Gasteiger partial charge in [-0.2, -0.15) is 0 Å². The number of para-hydroxylation sites is 1. The normalized spacial score (nSPS) is 9.96. The molecule has 45 heavy (non-hydrogen) atoms. The van der Waals surface area contributed by atoms with Gasteiger partial charge in [0.1, 0.15) is 17.9 Å². The summed E-state index contributed by atoms with van der Waals surface area (Å²) in [6.07, 6.45) is 1.37. The monoisotopic (exact) mass is 633 g/mol. The van der Waals surface area contributed by atoms with Crippen LogP contribution in [0, 0.1) is 32.4 Å². The van der Waals surface area contributed by atoms with E-state index in [1.807, 2.05) is 79.7 Å². The largest absolute Gasteiger partial charge is 0.363 e. The Hall–Kier alpha value is -4.42. The zero-order chi connectivity index (χ0) is 33.8. The van der Waals surface area contributed by atoms with E-state index >= 15 is 0 Å². The van der Waals surface area contributed by atoms with Gasteiger partial charge in [-0.15, -0.1) is 9.24 Å². The summed E-state index contributed by atoms with van der Waals surface area (Å²) in [5, 5.41) is 6.53. The molecule has 0 amide bonds. The van der Waals surface area contributed by atoms with Gasteiger partial charge < -0.3 is 4.52 Å². The fourth-order valence-corrected chi connectivity index (χ4v) is 5.14. The molecule has 0 spiro atoms. The van der Waals surface area contributed by atoms with Crippen LogP contribution in [0.2, 0.25) is 0 Å². The number of rotatable bonds is 2. The first-order valence-electron chi connectivity index (χ1n) is 15.1. The summed E-state index contributed by atoms with van der Waals surface area (Å²) in [5.74, 6) is -0.585. The summed E-state index contributed by atoms with van der Waals surface area (Å²) in [4.78, 5) is 25.2. The second-order valence-corrected chi connectivity index (χ2v) is 9.75. The van der Waals surface area contributed by atoms with Crippen molar-refractivity contribution in [3.63, 3.8) is 0 Å². The van der Waals surface area contributed by atoms with Gasteiger partial charge in [0.15, 0.2) is 5.82 Å². The first-order valence-corrected chi connectivity index (χ1v) is 15.6. The van der Waals surface area contributed by atoms with E-state index in [4.69, 9.17) is 4.52 Å². The Labute approximate surface area is 265 Å². The maximum Gasteiger partial charge on any atom is 0.267 e. The molecule has 6 aromatic rings. The second-order valence-electron chi connectivity index (χ2n) is 9.13. The van der Waals surface area contributed by atoms with Crippen molar-refractivity contribution in [2.45, 2.75) is 62.3 Å². The van der Waals surface area contributed by atoms with Crippen LogP contribution >= 0.6 is 9.24 Å². The van der Waals surface area contributed by atoms with Gasteiger partial charge in [0.25, 0.3) is 11.1 Å². The fourth-order valence-electron chi connectivity index (χ4n) is 4.76. The molecule has 0 radical (unpaired) electrons. The lowest BCUT2D eigenvalue weighted by atomic mass is 10.1.